The third kappa shape index (κ3) is 1.59. The van der Waals surface area contributed by atoms with Gasteiger partial charge in [0.15, 0.2) is 17.3 Å². The third-order valence-electron chi connectivity index (χ3n) is 2.02. The Bertz CT molecular complexity index is 436. The predicted molar refractivity (Wildman–Crippen MR) is 53.6 cm³/mol. The van der Waals surface area contributed by atoms with Crippen LogP contribution in [-0.2, 0) is 0 Å². The van der Waals surface area contributed by atoms with Crippen LogP contribution in [0.5, 0.6) is 11.5 Å². The second-order valence-electron chi connectivity index (χ2n) is 2.91. The van der Waals surface area contributed by atoms with Gasteiger partial charge in [-0.15, -0.1) is 0 Å². The maximum atomic E-state index is 13.5. The van der Waals surface area contributed by atoms with Gasteiger partial charge in [0.1, 0.15) is 5.82 Å². The lowest BCUT2D eigenvalue weighted by Crippen LogP contribution is -2.15. The molecule has 80 valence electrons. The highest BCUT2D eigenvalue weighted by molar-refractivity contribution is 9.10. The van der Waals surface area contributed by atoms with Crippen molar-refractivity contribution in [2.24, 2.45) is 5.73 Å². The number of fused-ring (bicyclic) bond motifs is 1. The number of hydrogen-bond acceptors (Lipinski definition) is 4. The van der Waals surface area contributed by atoms with Crippen LogP contribution in [0.25, 0.3) is 0 Å². The molecule has 1 aliphatic heterocycles. The highest BCUT2D eigenvalue weighted by atomic mass is 79.9. The monoisotopic (exact) mass is 275 g/mol. The average molecular weight is 276 g/mol. The van der Waals surface area contributed by atoms with Gasteiger partial charge in [0.2, 0.25) is 6.79 Å². The molecule has 2 rings (SSSR count). The number of carbonyl (C=O) groups excluding carboxylic acids is 1. The minimum absolute atomic E-state index is 0.0215. The van der Waals surface area contributed by atoms with Crippen LogP contribution in [0.4, 0.5) is 4.39 Å². The number of Topliss-reactive ketones (excluding diaryl/α,β-unsaturated/α-hetero) is 1. The number of carbonyl (C=O) groups is 1. The molecule has 0 saturated carbocycles. The van der Waals surface area contributed by atoms with E-state index in [0.29, 0.717) is 5.75 Å². The lowest BCUT2D eigenvalue weighted by molar-refractivity contribution is 0.0996. The smallest absolute Gasteiger partial charge is 0.231 e. The lowest BCUT2D eigenvalue weighted by Gasteiger charge is -2.06. The summed E-state index contributed by atoms with van der Waals surface area (Å²) in [6, 6.07) is 1.12. The molecule has 0 unspecified atom stereocenters. The first kappa shape index (κ1) is 10.4. The molecule has 1 aliphatic rings. The van der Waals surface area contributed by atoms with Crippen LogP contribution in [0.1, 0.15) is 10.4 Å². The predicted octanol–water partition coefficient (Wildman–Crippen LogP) is 1.46. The second-order valence-corrected chi connectivity index (χ2v) is 3.70. The van der Waals surface area contributed by atoms with Crippen LogP contribution in [0.2, 0.25) is 0 Å². The van der Waals surface area contributed by atoms with Crippen LogP contribution < -0.4 is 15.2 Å². The van der Waals surface area contributed by atoms with Crippen LogP contribution in [-0.4, -0.2) is 19.1 Å². The molecule has 0 aromatic heterocycles. The van der Waals surface area contributed by atoms with E-state index < -0.39 is 11.6 Å². The van der Waals surface area contributed by atoms with Gasteiger partial charge in [-0.25, -0.2) is 4.39 Å². The molecule has 4 nitrogen and oxygen atoms in total. The number of ether oxygens (including phenoxy) is 2. The van der Waals surface area contributed by atoms with Crippen LogP contribution >= 0.6 is 15.9 Å². The number of hydrogen-bond donors (Lipinski definition) is 1. The Morgan fingerprint density at radius 2 is 2.33 bits per heavy atom. The Morgan fingerprint density at radius 3 is 3.00 bits per heavy atom. The molecule has 15 heavy (non-hydrogen) atoms. The first-order valence-corrected chi connectivity index (χ1v) is 4.95. The summed E-state index contributed by atoms with van der Waals surface area (Å²) < 4.78 is 23.8. The molecular formula is C9H7BrFNO3. The summed E-state index contributed by atoms with van der Waals surface area (Å²) in [5.74, 6) is -0.527. The lowest BCUT2D eigenvalue weighted by atomic mass is 10.1. The minimum atomic E-state index is -0.665. The van der Waals surface area contributed by atoms with Gasteiger partial charge in [-0.1, -0.05) is 0 Å². The topological polar surface area (TPSA) is 61.6 Å². The van der Waals surface area contributed by atoms with E-state index in [0.717, 1.165) is 6.07 Å². The van der Waals surface area contributed by atoms with Crippen molar-refractivity contribution in [1.82, 2.24) is 0 Å². The van der Waals surface area contributed by atoms with Gasteiger partial charge >= 0.3 is 0 Å². The normalized spacial score (nSPS) is 13.0. The Kier molecular flexibility index (Phi) is 2.62. The SMILES string of the molecule is NCC(=O)c1c(F)cc2c(c1Br)OCO2. The summed E-state index contributed by atoms with van der Waals surface area (Å²) in [5, 5.41) is 0. The summed E-state index contributed by atoms with van der Waals surface area (Å²) in [5.41, 5.74) is 5.08. The van der Waals surface area contributed by atoms with E-state index in [1.807, 2.05) is 0 Å². The van der Waals surface area contributed by atoms with Crippen molar-refractivity contribution < 1.29 is 18.7 Å². The fourth-order valence-electron chi connectivity index (χ4n) is 1.33. The maximum Gasteiger partial charge on any atom is 0.231 e. The van der Waals surface area contributed by atoms with Gasteiger partial charge in [-0.05, 0) is 15.9 Å². The van der Waals surface area contributed by atoms with Gasteiger partial charge in [-0.2, -0.15) is 0 Å². The van der Waals surface area contributed by atoms with Crippen molar-refractivity contribution >= 4 is 21.7 Å². The molecule has 0 bridgehead atoms. The molecule has 0 atom stereocenters. The van der Waals surface area contributed by atoms with Crippen molar-refractivity contribution in [2.75, 3.05) is 13.3 Å². The first-order valence-electron chi connectivity index (χ1n) is 4.16. The molecular weight excluding hydrogens is 269 g/mol. The molecule has 0 fully saturated rings. The van der Waals surface area contributed by atoms with Crippen LogP contribution in [0, 0.1) is 5.82 Å². The molecule has 0 aliphatic carbocycles. The van der Waals surface area contributed by atoms with Gasteiger partial charge in [-0.3, -0.25) is 4.79 Å². The molecule has 0 amide bonds. The molecule has 1 aromatic rings. The molecule has 0 spiro atoms. The summed E-state index contributed by atoms with van der Waals surface area (Å²) >= 11 is 3.10. The zero-order valence-electron chi connectivity index (χ0n) is 7.55. The molecule has 1 aromatic carbocycles. The van der Waals surface area contributed by atoms with E-state index in [2.05, 4.69) is 15.9 Å². The van der Waals surface area contributed by atoms with E-state index in [1.54, 1.807) is 0 Å². The largest absolute Gasteiger partial charge is 0.453 e. The zero-order valence-corrected chi connectivity index (χ0v) is 9.14. The highest BCUT2D eigenvalue weighted by Gasteiger charge is 2.25. The Balaban J connectivity index is 2.61. The van der Waals surface area contributed by atoms with Crippen molar-refractivity contribution in [3.05, 3.63) is 21.9 Å². The maximum absolute atomic E-state index is 13.5. The fraction of sp³-hybridized carbons (Fsp3) is 0.222. The summed E-state index contributed by atoms with van der Waals surface area (Å²) in [6.45, 7) is -0.233. The van der Waals surface area contributed by atoms with Crippen LogP contribution in [0.15, 0.2) is 10.5 Å². The molecule has 2 N–H and O–H groups in total. The fourth-order valence-corrected chi connectivity index (χ4v) is 2.05. The number of rotatable bonds is 2. The molecule has 0 radical (unpaired) electrons. The van der Waals surface area contributed by atoms with Crippen molar-refractivity contribution in [2.45, 2.75) is 0 Å². The Hall–Kier alpha value is -1.14. The van der Waals surface area contributed by atoms with E-state index >= 15 is 0 Å². The van der Waals surface area contributed by atoms with Gasteiger partial charge < -0.3 is 15.2 Å². The second kappa shape index (κ2) is 3.79. The standard InChI is InChI=1S/C9H7BrFNO3/c10-8-7(5(13)2-12)4(11)1-6-9(8)15-3-14-6/h1H,2-3,12H2. The van der Waals surface area contributed by atoms with E-state index in [-0.39, 0.29) is 29.1 Å². The number of nitrogens with two attached hydrogens (primary N) is 1. The van der Waals surface area contributed by atoms with E-state index in [1.165, 1.54) is 0 Å². The molecule has 1 heterocycles. The summed E-state index contributed by atoms with van der Waals surface area (Å²) in [6.07, 6.45) is 0. The first-order chi connectivity index (χ1) is 7.15. The summed E-state index contributed by atoms with van der Waals surface area (Å²) in [7, 11) is 0. The van der Waals surface area contributed by atoms with Crippen molar-refractivity contribution in [1.29, 1.82) is 0 Å². The third-order valence-corrected chi connectivity index (χ3v) is 2.78. The number of ketones is 1. The van der Waals surface area contributed by atoms with Gasteiger partial charge in [0, 0.05) is 6.07 Å². The molecule has 0 saturated heterocycles. The number of halogens is 2. The summed E-state index contributed by atoms with van der Waals surface area (Å²) in [4.78, 5) is 11.4. The van der Waals surface area contributed by atoms with Crippen LogP contribution in [0.3, 0.4) is 0 Å². The van der Waals surface area contributed by atoms with E-state index in [9.17, 15) is 9.18 Å². The van der Waals surface area contributed by atoms with Gasteiger partial charge in [0.05, 0.1) is 16.6 Å². The quantitative estimate of drug-likeness (QED) is 0.831. The average Bonchev–Trinajstić information content (AvgIpc) is 2.65. The van der Waals surface area contributed by atoms with E-state index in [4.69, 9.17) is 15.2 Å². The Morgan fingerprint density at radius 1 is 1.60 bits per heavy atom. The minimum Gasteiger partial charge on any atom is -0.453 e. The molecule has 6 heteroatoms. The highest BCUT2D eigenvalue weighted by Crippen LogP contribution is 2.42. The number of benzene rings is 1. The zero-order chi connectivity index (χ0) is 11.0. The van der Waals surface area contributed by atoms with Gasteiger partial charge in [0.25, 0.3) is 0 Å². The van der Waals surface area contributed by atoms with Crippen molar-refractivity contribution in [3.63, 3.8) is 0 Å². The Labute approximate surface area is 93.3 Å². The van der Waals surface area contributed by atoms with Crippen molar-refractivity contribution in [3.8, 4) is 11.5 Å².